The molecule has 2 aromatic rings. The maximum Gasteiger partial charge on any atom is 0.348 e. The lowest BCUT2D eigenvalue weighted by atomic mass is 10.1. The molecule has 0 aliphatic rings. The summed E-state index contributed by atoms with van der Waals surface area (Å²) >= 11 is 3.39. The molecule has 20 heavy (non-hydrogen) atoms. The molecular formula is C15H15BrN2O2. The molecule has 0 spiro atoms. The molecular weight excluding hydrogens is 320 g/mol. The maximum absolute atomic E-state index is 12.2. The van der Waals surface area contributed by atoms with Crippen molar-refractivity contribution in [3.8, 4) is 0 Å². The van der Waals surface area contributed by atoms with Crippen LogP contribution in [0.2, 0.25) is 0 Å². The van der Waals surface area contributed by atoms with Gasteiger partial charge in [0.15, 0.2) is 5.78 Å². The van der Waals surface area contributed by atoms with Crippen molar-refractivity contribution < 1.29 is 4.79 Å². The highest BCUT2D eigenvalue weighted by Gasteiger charge is 2.13. The van der Waals surface area contributed by atoms with E-state index in [1.165, 1.54) is 4.57 Å². The van der Waals surface area contributed by atoms with Gasteiger partial charge in [0.05, 0.1) is 16.7 Å². The van der Waals surface area contributed by atoms with Crippen LogP contribution in [0, 0.1) is 20.8 Å². The van der Waals surface area contributed by atoms with Gasteiger partial charge in [0, 0.05) is 11.3 Å². The average Bonchev–Trinajstić information content (AvgIpc) is 2.42. The SMILES string of the molecule is Cc1ccc(C(=O)Cn2c(C)c(Br)c(C)nc2=O)cc1. The molecule has 2 rings (SSSR count). The molecule has 0 fully saturated rings. The zero-order valence-corrected chi connectivity index (χ0v) is 13.2. The quantitative estimate of drug-likeness (QED) is 0.811. The third-order valence-electron chi connectivity index (χ3n) is 3.21. The molecule has 0 aliphatic carbocycles. The van der Waals surface area contributed by atoms with Gasteiger partial charge >= 0.3 is 5.69 Å². The molecule has 0 saturated heterocycles. The van der Waals surface area contributed by atoms with E-state index in [2.05, 4.69) is 20.9 Å². The van der Waals surface area contributed by atoms with Gasteiger partial charge in [-0.25, -0.2) is 4.79 Å². The van der Waals surface area contributed by atoms with Crippen LogP contribution in [0.5, 0.6) is 0 Å². The van der Waals surface area contributed by atoms with Crippen LogP contribution in [-0.4, -0.2) is 15.3 Å². The van der Waals surface area contributed by atoms with Gasteiger partial charge in [-0.3, -0.25) is 9.36 Å². The number of hydrogen-bond acceptors (Lipinski definition) is 3. The van der Waals surface area contributed by atoms with Crippen LogP contribution < -0.4 is 5.69 Å². The summed E-state index contributed by atoms with van der Waals surface area (Å²) in [7, 11) is 0. The zero-order chi connectivity index (χ0) is 14.9. The highest BCUT2D eigenvalue weighted by Crippen LogP contribution is 2.17. The largest absolute Gasteiger partial charge is 0.348 e. The number of rotatable bonds is 3. The predicted octanol–water partition coefficient (Wildman–Crippen LogP) is 2.81. The number of carbonyl (C=O) groups excluding carboxylic acids is 1. The molecule has 4 nitrogen and oxygen atoms in total. The van der Waals surface area contributed by atoms with E-state index in [-0.39, 0.29) is 12.3 Å². The summed E-state index contributed by atoms with van der Waals surface area (Å²) in [5, 5.41) is 0. The molecule has 0 unspecified atom stereocenters. The number of aryl methyl sites for hydroxylation is 2. The van der Waals surface area contributed by atoms with Crippen LogP contribution in [0.4, 0.5) is 0 Å². The van der Waals surface area contributed by atoms with Crippen molar-refractivity contribution in [3.63, 3.8) is 0 Å². The topological polar surface area (TPSA) is 52.0 Å². The summed E-state index contributed by atoms with van der Waals surface area (Å²) < 4.78 is 2.15. The Morgan fingerprint density at radius 2 is 1.80 bits per heavy atom. The number of hydrogen-bond donors (Lipinski definition) is 0. The highest BCUT2D eigenvalue weighted by molar-refractivity contribution is 9.10. The minimum absolute atomic E-state index is 0.000389. The van der Waals surface area contributed by atoms with Gasteiger partial charge in [0.25, 0.3) is 0 Å². The molecule has 5 heteroatoms. The fraction of sp³-hybridized carbons (Fsp3) is 0.267. The van der Waals surface area contributed by atoms with Crippen molar-refractivity contribution in [1.29, 1.82) is 0 Å². The third kappa shape index (κ3) is 2.88. The van der Waals surface area contributed by atoms with E-state index in [0.717, 1.165) is 10.0 Å². The van der Waals surface area contributed by atoms with Crippen molar-refractivity contribution in [3.05, 3.63) is 61.7 Å². The Balaban J connectivity index is 2.35. The summed E-state index contributed by atoms with van der Waals surface area (Å²) in [5.41, 5.74) is 2.63. The second-order valence-corrected chi connectivity index (χ2v) is 5.55. The van der Waals surface area contributed by atoms with Gasteiger partial charge < -0.3 is 0 Å². The van der Waals surface area contributed by atoms with Gasteiger partial charge in [-0.15, -0.1) is 0 Å². The van der Waals surface area contributed by atoms with Gasteiger partial charge in [-0.05, 0) is 36.7 Å². The number of aromatic nitrogens is 2. The third-order valence-corrected chi connectivity index (χ3v) is 4.36. The minimum atomic E-state index is -0.399. The number of carbonyl (C=O) groups is 1. The number of ketones is 1. The molecule has 0 bridgehead atoms. The first-order valence-electron chi connectivity index (χ1n) is 6.23. The van der Waals surface area contributed by atoms with Gasteiger partial charge in [-0.1, -0.05) is 29.8 Å². The Labute approximate surface area is 125 Å². The van der Waals surface area contributed by atoms with Crippen LogP contribution in [0.15, 0.2) is 33.5 Å². The standard InChI is InChI=1S/C15H15BrN2O2/c1-9-4-6-12(7-5-9)13(19)8-18-11(3)14(16)10(2)17-15(18)20/h4-7H,8H2,1-3H3. The average molecular weight is 335 g/mol. The molecule has 0 radical (unpaired) electrons. The summed E-state index contributed by atoms with van der Waals surface area (Å²) in [4.78, 5) is 28.0. The van der Waals surface area contributed by atoms with E-state index in [0.29, 0.717) is 17.0 Å². The molecule has 0 saturated carbocycles. The van der Waals surface area contributed by atoms with Gasteiger partial charge in [-0.2, -0.15) is 4.98 Å². The first-order valence-corrected chi connectivity index (χ1v) is 7.03. The van der Waals surface area contributed by atoms with Crippen LogP contribution in [0.1, 0.15) is 27.3 Å². The minimum Gasteiger partial charge on any atom is -0.292 e. The number of nitrogens with zero attached hydrogens (tertiary/aromatic N) is 2. The van der Waals surface area contributed by atoms with E-state index < -0.39 is 5.69 Å². The Bertz CT molecular complexity index is 718. The summed E-state index contributed by atoms with van der Waals surface area (Å²) in [6.07, 6.45) is 0. The van der Waals surface area contributed by atoms with Gasteiger partial charge in [0.1, 0.15) is 0 Å². The van der Waals surface area contributed by atoms with Crippen molar-refractivity contribution in [2.45, 2.75) is 27.3 Å². The first-order chi connectivity index (χ1) is 9.40. The molecule has 0 amide bonds. The fourth-order valence-corrected chi connectivity index (χ4v) is 2.24. The van der Waals surface area contributed by atoms with Crippen LogP contribution in [-0.2, 0) is 6.54 Å². The van der Waals surface area contributed by atoms with Gasteiger partial charge in [0.2, 0.25) is 0 Å². The number of halogens is 1. The Kier molecular flexibility index (Phi) is 4.18. The molecule has 0 N–H and O–H groups in total. The molecule has 0 atom stereocenters. The van der Waals surface area contributed by atoms with E-state index in [1.807, 2.05) is 19.1 Å². The monoisotopic (exact) mass is 334 g/mol. The van der Waals surface area contributed by atoms with E-state index in [1.54, 1.807) is 26.0 Å². The van der Waals surface area contributed by atoms with E-state index in [4.69, 9.17) is 0 Å². The van der Waals surface area contributed by atoms with E-state index in [9.17, 15) is 9.59 Å². The van der Waals surface area contributed by atoms with Crippen molar-refractivity contribution in [2.75, 3.05) is 0 Å². The fourth-order valence-electron chi connectivity index (χ4n) is 1.94. The summed E-state index contributed by atoms with van der Waals surface area (Å²) in [5.74, 6) is -0.104. The van der Waals surface area contributed by atoms with Crippen molar-refractivity contribution in [1.82, 2.24) is 9.55 Å². The normalized spacial score (nSPS) is 10.6. The van der Waals surface area contributed by atoms with Crippen molar-refractivity contribution >= 4 is 21.7 Å². The lowest BCUT2D eigenvalue weighted by molar-refractivity contribution is 0.0969. The first kappa shape index (κ1) is 14.7. The maximum atomic E-state index is 12.2. The molecule has 1 heterocycles. The number of Topliss-reactive ketones (excluding diaryl/α,β-unsaturated/α-hetero) is 1. The molecule has 1 aromatic heterocycles. The van der Waals surface area contributed by atoms with Crippen LogP contribution in [0.3, 0.4) is 0 Å². The Morgan fingerprint density at radius 3 is 2.40 bits per heavy atom. The smallest absolute Gasteiger partial charge is 0.292 e. The van der Waals surface area contributed by atoms with Crippen LogP contribution >= 0.6 is 15.9 Å². The van der Waals surface area contributed by atoms with Crippen molar-refractivity contribution in [2.24, 2.45) is 0 Å². The second kappa shape index (κ2) is 5.71. The highest BCUT2D eigenvalue weighted by atomic mass is 79.9. The molecule has 1 aromatic carbocycles. The van der Waals surface area contributed by atoms with Crippen LogP contribution in [0.25, 0.3) is 0 Å². The summed E-state index contributed by atoms with van der Waals surface area (Å²) in [6, 6.07) is 7.31. The zero-order valence-electron chi connectivity index (χ0n) is 11.6. The number of benzene rings is 1. The second-order valence-electron chi connectivity index (χ2n) is 4.75. The lowest BCUT2D eigenvalue weighted by Gasteiger charge is -2.11. The Morgan fingerprint density at radius 1 is 1.20 bits per heavy atom. The summed E-state index contributed by atoms with van der Waals surface area (Å²) in [6.45, 7) is 5.51. The predicted molar refractivity (Wildman–Crippen MR) is 81.2 cm³/mol. The Hall–Kier alpha value is -1.75. The lowest BCUT2D eigenvalue weighted by Crippen LogP contribution is -2.29. The molecule has 0 aliphatic heterocycles. The van der Waals surface area contributed by atoms with E-state index >= 15 is 0 Å². The molecule has 104 valence electrons.